The number of anilines is 1. The van der Waals surface area contributed by atoms with E-state index in [9.17, 15) is 13.2 Å². The summed E-state index contributed by atoms with van der Waals surface area (Å²) in [5.74, 6) is 0. The molecule has 160 valence electrons. The second kappa shape index (κ2) is 8.52. The summed E-state index contributed by atoms with van der Waals surface area (Å²) in [6.45, 7) is 5.49. The lowest BCUT2D eigenvalue weighted by Crippen LogP contribution is -2.48. The summed E-state index contributed by atoms with van der Waals surface area (Å²) in [6.07, 6.45) is 0.185. The van der Waals surface area contributed by atoms with Gasteiger partial charge in [-0.1, -0.05) is 24.9 Å². The standard InChI is InChI=1S/C23H25ClF3N3/c1-2-3-22(30-11-10-17-16-19(24)6-9-21(17)30)29-14-12-28(13-15-29)20-7-4-18(5-8-20)23(25,26)27/h4-11,16,22H,2-3,12-15H2,1H3. The third kappa shape index (κ3) is 4.30. The quantitative estimate of drug-likeness (QED) is 0.457. The van der Waals surface area contributed by atoms with Crippen LogP contribution in [0.3, 0.4) is 0 Å². The second-order valence-corrected chi connectivity index (χ2v) is 8.20. The maximum Gasteiger partial charge on any atom is 0.416 e. The van der Waals surface area contributed by atoms with Gasteiger partial charge in [-0.15, -0.1) is 0 Å². The fraction of sp³-hybridized carbons (Fsp3) is 0.391. The molecular formula is C23H25ClF3N3. The van der Waals surface area contributed by atoms with Crippen molar-refractivity contribution in [2.24, 2.45) is 0 Å². The average Bonchev–Trinajstić information content (AvgIpc) is 3.14. The summed E-state index contributed by atoms with van der Waals surface area (Å²) in [5.41, 5.74) is 1.41. The van der Waals surface area contributed by atoms with Crippen LogP contribution >= 0.6 is 11.6 Å². The molecule has 7 heteroatoms. The van der Waals surface area contributed by atoms with Crippen molar-refractivity contribution in [1.82, 2.24) is 9.47 Å². The number of hydrogen-bond donors (Lipinski definition) is 0. The monoisotopic (exact) mass is 435 g/mol. The summed E-state index contributed by atoms with van der Waals surface area (Å²) in [6, 6.07) is 13.6. The van der Waals surface area contributed by atoms with Gasteiger partial charge in [-0.3, -0.25) is 4.90 Å². The van der Waals surface area contributed by atoms with Crippen molar-refractivity contribution in [1.29, 1.82) is 0 Å². The van der Waals surface area contributed by atoms with Crippen LogP contribution in [0.2, 0.25) is 5.02 Å². The Morgan fingerprint density at radius 1 is 0.967 bits per heavy atom. The molecule has 3 nitrogen and oxygen atoms in total. The lowest BCUT2D eigenvalue weighted by atomic mass is 10.1. The molecule has 2 aromatic carbocycles. The molecule has 0 bridgehead atoms. The zero-order valence-corrected chi connectivity index (χ0v) is 17.6. The number of piperazine rings is 1. The Hall–Kier alpha value is -2.18. The molecule has 1 aliphatic rings. The highest BCUT2D eigenvalue weighted by Crippen LogP contribution is 2.32. The van der Waals surface area contributed by atoms with Crippen LogP contribution in [0, 0.1) is 0 Å². The first-order valence-corrected chi connectivity index (χ1v) is 10.7. The van der Waals surface area contributed by atoms with E-state index in [1.807, 2.05) is 12.1 Å². The minimum Gasteiger partial charge on any atom is -0.369 e. The summed E-state index contributed by atoms with van der Waals surface area (Å²) in [7, 11) is 0. The number of aromatic nitrogens is 1. The van der Waals surface area contributed by atoms with Crippen molar-refractivity contribution in [3.05, 3.63) is 65.3 Å². The van der Waals surface area contributed by atoms with Crippen LogP contribution in [0.4, 0.5) is 18.9 Å². The van der Waals surface area contributed by atoms with Crippen LogP contribution in [-0.4, -0.2) is 35.6 Å². The zero-order valence-electron chi connectivity index (χ0n) is 16.9. The van der Waals surface area contributed by atoms with Crippen LogP contribution < -0.4 is 4.90 Å². The van der Waals surface area contributed by atoms with E-state index in [2.05, 4.69) is 39.6 Å². The first-order valence-electron chi connectivity index (χ1n) is 10.3. The van der Waals surface area contributed by atoms with Crippen molar-refractivity contribution in [3.8, 4) is 0 Å². The molecule has 1 atom stereocenters. The number of fused-ring (bicyclic) bond motifs is 1. The Labute approximate surface area is 179 Å². The Morgan fingerprint density at radius 2 is 1.67 bits per heavy atom. The number of benzene rings is 2. The molecule has 0 radical (unpaired) electrons. The van der Waals surface area contributed by atoms with Gasteiger partial charge in [0, 0.05) is 54.0 Å². The smallest absolute Gasteiger partial charge is 0.369 e. The highest BCUT2D eigenvalue weighted by Gasteiger charge is 2.30. The number of nitrogens with zero attached hydrogens (tertiary/aromatic N) is 3. The van der Waals surface area contributed by atoms with E-state index in [0.717, 1.165) is 55.1 Å². The Balaban J connectivity index is 1.48. The SMILES string of the molecule is CCCC(N1CCN(c2ccc(C(F)(F)F)cc2)CC1)n1ccc2cc(Cl)ccc21. The molecule has 4 rings (SSSR count). The highest BCUT2D eigenvalue weighted by atomic mass is 35.5. The predicted octanol–water partition coefficient (Wildman–Crippen LogP) is 6.43. The molecule has 0 aliphatic carbocycles. The normalized spacial score (nSPS) is 16.9. The first-order chi connectivity index (χ1) is 14.4. The fourth-order valence-corrected chi connectivity index (χ4v) is 4.47. The number of rotatable bonds is 5. The number of alkyl halides is 3. The molecule has 3 aromatic rings. The number of hydrogen-bond acceptors (Lipinski definition) is 2. The van der Waals surface area contributed by atoms with E-state index in [4.69, 9.17) is 11.6 Å². The van der Waals surface area contributed by atoms with Gasteiger partial charge >= 0.3 is 6.18 Å². The third-order valence-corrected chi connectivity index (χ3v) is 6.08. The summed E-state index contributed by atoms with van der Waals surface area (Å²) in [4.78, 5) is 4.63. The summed E-state index contributed by atoms with van der Waals surface area (Å²) < 4.78 is 40.8. The van der Waals surface area contributed by atoms with E-state index in [1.54, 1.807) is 12.1 Å². The molecule has 0 amide bonds. The van der Waals surface area contributed by atoms with E-state index in [-0.39, 0.29) is 6.17 Å². The summed E-state index contributed by atoms with van der Waals surface area (Å²) in [5, 5.41) is 1.87. The molecule has 1 unspecified atom stereocenters. The van der Waals surface area contributed by atoms with E-state index >= 15 is 0 Å². The van der Waals surface area contributed by atoms with Gasteiger partial charge < -0.3 is 9.47 Å². The Morgan fingerprint density at radius 3 is 2.30 bits per heavy atom. The average molecular weight is 436 g/mol. The highest BCUT2D eigenvalue weighted by molar-refractivity contribution is 6.31. The molecule has 0 saturated carbocycles. The van der Waals surface area contributed by atoms with Crippen LogP contribution in [0.5, 0.6) is 0 Å². The van der Waals surface area contributed by atoms with Crippen LogP contribution in [0.1, 0.15) is 31.5 Å². The van der Waals surface area contributed by atoms with Crippen molar-refractivity contribution < 1.29 is 13.2 Å². The van der Waals surface area contributed by atoms with Gasteiger partial charge in [0.25, 0.3) is 0 Å². The molecule has 0 spiro atoms. The van der Waals surface area contributed by atoms with Crippen molar-refractivity contribution in [3.63, 3.8) is 0 Å². The van der Waals surface area contributed by atoms with E-state index in [0.29, 0.717) is 0 Å². The molecule has 2 heterocycles. The molecular weight excluding hydrogens is 411 g/mol. The fourth-order valence-electron chi connectivity index (χ4n) is 4.29. The van der Waals surface area contributed by atoms with Gasteiger partial charge in [0.1, 0.15) is 0 Å². The van der Waals surface area contributed by atoms with Gasteiger partial charge in [0.15, 0.2) is 0 Å². The van der Waals surface area contributed by atoms with Crippen molar-refractivity contribution in [2.45, 2.75) is 32.1 Å². The Bertz CT molecular complexity index is 989. The predicted molar refractivity (Wildman–Crippen MR) is 116 cm³/mol. The molecule has 1 saturated heterocycles. The minimum absolute atomic E-state index is 0.253. The molecule has 1 fully saturated rings. The molecule has 0 N–H and O–H groups in total. The van der Waals surface area contributed by atoms with Gasteiger partial charge in [0.2, 0.25) is 0 Å². The lowest BCUT2D eigenvalue weighted by molar-refractivity contribution is -0.137. The van der Waals surface area contributed by atoms with E-state index in [1.165, 1.54) is 17.6 Å². The van der Waals surface area contributed by atoms with Crippen LogP contribution in [0.15, 0.2) is 54.7 Å². The van der Waals surface area contributed by atoms with Crippen LogP contribution in [-0.2, 0) is 6.18 Å². The maximum atomic E-state index is 12.8. The second-order valence-electron chi connectivity index (χ2n) is 7.76. The minimum atomic E-state index is -4.30. The zero-order chi connectivity index (χ0) is 21.3. The summed E-state index contributed by atoms with van der Waals surface area (Å²) >= 11 is 6.14. The number of halogens is 4. The van der Waals surface area contributed by atoms with Crippen molar-refractivity contribution in [2.75, 3.05) is 31.1 Å². The first kappa shape index (κ1) is 21.1. The maximum absolute atomic E-state index is 12.8. The van der Waals surface area contributed by atoms with Gasteiger partial charge in [-0.25, -0.2) is 0 Å². The topological polar surface area (TPSA) is 11.4 Å². The molecule has 30 heavy (non-hydrogen) atoms. The largest absolute Gasteiger partial charge is 0.416 e. The van der Waals surface area contributed by atoms with Crippen LogP contribution in [0.25, 0.3) is 10.9 Å². The molecule has 1 aromatic heterocycles. The lowest BCUT2D eigenvalue weighted by Gasteiger charge is -2.41. The van der Waals surface area contributed by atoms with Gasteiger partial charge in [-0.2, -0.15) is 13.2 Å². The van der Waals surface area contributed by atoms with Crippen molar-refractivity contribution >= 4 is 28.2 Å². The Kier molecular flexibility index (Phi) is 5.98. The third-order valence-electron chi connectivity index (χ3n) is 5.85. The van der Waals surface area contributed by atoms with E-state index < -0.39 is 11.7 Å². The van der Waals surface area contributed by atoms with Gasteiger partial charge in [0.05, 0.1) is 11.7 Å². The molecule has 1 aliphatic heterocycles. The van der Waals surface area contributed by atoms with Gasteiger partial charge in [-0.05, 0) is 55.0 Å².